The van der Waals surface area contributed by atoms with E-state index in [0.29, 0.717) is 6.67 Å². The SMILES string of the molecule is CC(C)(C)c1cc(-c2ccccc2)cc(N2CN(c3cc(Oc4ccc5c6cc(C(C)(C)C)ccc6n(-c6cc(C(C)(C)C)ccn6)c5c4)cc(C(C)(C)c4ccccc4)c3)c3ccc(C(C)(C)C)cc32)c1. The summed E-state index contributed by atoms with van der Waals surface area (Å²) in [6, 6.07) is 60.6. The van der Waals surface area contributed by atoms with E-state index in [1.54, 1.807) is 0 Å². The molecule has 9 aromatic rings. The molecular weight excluding hydrogens is 877 g/mol. The van der Waals surface area contributed by atoms with Crippen molar-refractivity contribution in [3.8, 4) is 28.4 Å². The van der Waals surface area contributed by atoms with Crippen molar-refractivity contribution in [3.05, 3.63) is 203 Å². The average molecular weight is 949 g/mol. The molecule has 2 aromatic heterocycles. The molecule has 1 aliphatic heterocycles. The Kier molecular flexibility index (Phi) is 11.8. The van der Waals surface area contributed by atoms with Gasteiger partial charge in [-0.1, -0.05) is 176 Å². The summed E-state index contributed by atoms with van der Waals surface area (Å²) >= 11 is 0. The van der Waals surface area contributed by atoms with Crippen LogP contribution in [0.25, 0.3) is 38.8 Å². The molecule has 0 fully saturated rings. The highest BCUT2D eigenvalue weighted by Gasteiger charge is 2.33. The van der Waals surface area contributed by atoms with Crippen molar-refractivity contribution in [2.75, 3.05) is 16.5 Å². The van der Waals surface area contributed by atoms with Crippen molar-refractivity contribution in [2.24, 2.45) is 0 Å². The van der Waals surface area contributed by atoms with Gasteiger partial charge >= 0.3 is 0 Å². The maximum atomic E-state index is 7.21. The Bertz CT molecular complexity index is 3480. The molecule has 3 heterocycles. The van der Waals surface area contributed by atoms with Gasteiger partial charge in [0.1, 0.15) is 24.0 Å². The van der Waals surface area contributed by atoms with E-state index in [-0.39, 0.29) is 27.1 Å². The minimum absolute atomic E-state index is 0.00432. The minimum atomic E-state index is -0.343. The molecule has 0 radical (unpaired) electrons. The molecule has 5 nitrogen and oxygen atoms in total. The third-order valence-electron chi connectivity index (χ3n) is 15.0. The Morgan fingerprint density at radius 3 is 1.67 bits per heavy atom. The smallest absolute Gasteiger partial charge is 0.137 e. The minimum Gasteiger partial charge on any atom is -0.457 e. The van der Waals surface area contributed by atoms with Crippen molar-refractivity contribution in [3.63, 3.8) is 0 Å². The molecular formula is C67H72N4O. The normalized spacial score (nSPS) is 13.6. The van der Waals surface area contributed by atoms with Gasteiger partial charge in [-0.15, -0.1) is 0 Å². The third-order valence-corrected chi connectivity index (χ3v) is 15.0. The van der Waals surface area contributed by atoms with Crippen LogP contribution in [0.3, 0.4) is 0 Å². The molecule has 0 atom stereocenters. The number of rotatable bonds is 8. The van der Waals surface area contributed by atoms with Crippen molar-refractivity contribution in [1.29, 1.82) is 0 Å². The van der Waals surface area contributed by atoms with Gasteiger partial charge in [-0.05, 0) is 139 Å². The van der Waals surface area contributed by atoms with Gasteiger partial charge in [-0.3, -0.25) is 4.57 Å². The van der Waals surface area contributed by atoms with E-state index < -0.39 is 0 Å². The second-order valence-corrected chi connectivity index (χ2v) is 24.8. The summed E-state index contributed by atoms with van der Waals surface area (Å²) in [5.74, 6) is 2.44. The van der Waals surface area contributed by atoms with E-state index in [1.165, 1.54) is 66.7 Å². The Morgan fingerprint density at radius 1 is 0.389 bits per heavy atom. The fourth-order valence-electron chi connectivity index (χ4n) is 10.3. The number of nitrogens with zero attached hydrogens (tertiary/aromatic N) is 4. The van der Waals surface area contributed by atoms with Gasteiger partial charge in [0.15, 0.2) is 0 Å². The van der Waals surface area contributed by atoms with Crippen molar-refractivity contribution in [2.45, 2.75) is 124 Å². The maximum Gasteiger partial charge on any atom is 0.137 e. The molecule has 0 N–H and O–H groups in total. The Morgan fingerprint density at radius 2 is 0.986 bits per heavy atom. The Labute approximate surface area is 429 Å². The highest BCUT2D eigenvalue weighted by atomic mass is 16.5. The fourth-order valence-corrected chi connectivity index (χ4v) is 10.3. The number of fused-ring (bicyclic) bond motifs is 4. The van der Waals surface area contributed by atoms with E-state index in [0.717, 1.165) is 39.7 Å². The van der Waals surface area contributed by atoms with E-state index >= 15 is 0 Å². The van der Waals surface area contributed by atoms with E-state index in [2.05, 4.69) is 275 Å². The van der Waals surface area contributed by atoms with Gasteiger partial charge in [-0.2, -0.15) is 0 Å². The summed E-state index contributed by atoms with van der Waals surface area (Å²) in [5, 5.41) is 2.37. The summed E-state index contributed by atoms with van der Waals surface area (Å²) in [6.45, 7) is 32.7. The predicted molar refractivity (Wildman–Crippen MR) is 306 cm³/mol. The van der Waals surface area contributed by atoms with Crippen LogP contribution in [-0.4, -0.2) is 16.2 Å². The number of ether oxygens (including phenoxy) is 1. The molecule has 0 aliphatic carbocycles. The molecule has 0 unspecified atom stereocenters. The lowest BCUT2D eigenvalue weighted by molar-refractivity contribution is 0.480. The average Bonchev–Trinajstić information content (AvgIpc) is 3.89. The largest absolute Gasteiger partial charge is 0.457 e. The van der Waals surface area contributed by atoms with Crippen molar-refractivity contribution >= 4 is 44.6 Å². The van der Waals surface area contributed by atoms with Crippen LogP contribution in [0.5, 0.6) is 11.5 Å². The number of aromatic nitrogens is 2. The summed E-state index contributed by atoms with van der Waals surface area (Å²) in [5.41, 5.74) is 16.3. The van der Waals surface area contributed by atoms with Gasteiger partial charge in [0, 0.05) is 45.9 Å². The Hall–Kier alpha value is -7.11. The van der Waals surface area contributed by atoms with Crippen LogP contribution < -0.4 is 14.5 Å². The van der Waals surface area contributed by atoms with Crippen LogP contribution in [0.15, 0.2) is 170 Å². The first-order valence-electron chi connectivity index (χ1n) is 25.8. The van der Waals surface area contributed by atoms with Crippen molar-refractivity contribution < 1.29 is 4.74 Å². The zero-order valence-electron chi connectivity index (χ0n) is 45.1. The monoisotopic (exact) mass is 949 g/mol. The number of benzene rings is 7. The maximum absolute atomic E-state index is 7.21. The second-order valence-electron chi connectivity index (χ2n) is 24.8. The van der Waals surface area contributed by atoms with Gasteiger partial charge in [0.05, 0.1) is 22.4 Å². The number of hydrogen-bond acceptors (Lipinski definition) is 4. The van der Waals surface area contributed by atoms with Crippen molar-refractivity contribution in [1.82, 2.24) is 9.55 Å². The molecule has 10 rings (SSSR count). The summed E-state index contributed by atoms with van der Waals surface area (Å²) in [6.07, 6.45) is 1.95. The summed E-state index contributed by atoms with van der Waals surface area (Å²) < 4.78 is 9.53. The van der Waals surface area contributed by atoms with E-state index in [4.69, 9.17) is 9.72 Å². The molecule has 7 aromatic carbocycles. The topological polar surface area (TPSA) is 33.5 Å². The van der Waals surface area contributed by atoms with Crippen LogP contribution in [0, 0.1) is 0 Å². The Balaban J connectivity index is 1.14. The van der Waals surface area contributed by atoms with Gasteiger partial charge in [-0.25, -0.2) is 4.98 Å². The highest BCUT2D eigenvalue weighted by Crippen LogP contribution is 2.49. The zero-order chi connectivity index (χ0) is 51.1. The number of pyridine rings is 1. The molecule has 1 aliphatic rings. The first-order chi connectivity index (χ1) is 33.9. The molecule has 5 heteroatoms. The van der Waals surface area contributed by atoms with Gasteiger partial charge in [0.25, 0.3) is 0 Å². The molecule has 0 amide bonds. The van der Waals surface area contributed by atoms with Crippen LogP contribution in [0.2, 0.25) is 0 Å². The molecule has 0 saturated heterocycles. The fraction of sp³-hybridized carbons (Fsp3) is 0.299. The van der Waals surface area contributed by atoms with Crippen LogP contribution in [0.4, 0.5) is 22.7 Å². The molecule has 0 bridgehead atoms. The molecule has 72 heavy (non-hydrogen) atoms. The van der Waals surface area contributed by atoms with Crippen LogP contribution in [-0.2, 0) is 27.1 Å². The van der Waals surface area contributed by atoms with E-state index in [1.807, 2.05) is 6.20 Å². The van der Waals surface area contributed by atoms with Gasteiger partial charge < -0.3 is 14.5 Å². The first-order valence-corrected chi connectivity index (χ1v) is 25.8. The summed E-state index contributed by atoms with van der Waals surface area (Å²) in [7, 11) is 0. The second kappa shape index (κ2) is 17.6. The third kappa shape index (κ3) is 9.19. The lowest BCUT2D eigenvalue weighted by Crippen LogP contribution is -2.25. The predicted octanol–water partition coefficient (Wildman–Crippen LogP) is 18.4. The molecule has 0 saturated carbocycles. The highest BCUT2D eigenvalue weighted by molar-refractivity contribution is 6.10. The first kappa shape index (κ1) is 48.5. The molecule has 366 valence electrons. The lowest BCUT2D eigenvalue weighted by Gasteiger charge is -2.29. The van der Waals surface area contributed by atoms with Crippen LogP contribution >= 0.6 is 0 Å². The number of anilines is 4. The quantitative estimate of drug-likeness (QED) is 0.152. The standard InChI is InChI=1S/C67H72N4O/c1-63(2,3)47-25-29-58-57(38-47)56-28-27-54(42-60(56)71(58)62-40-49(31-32-68-62)65(7,8)9)72-55-37-51(67(13,14)46-23-19-16-20-24-46)36-53(41-55)69-43-70(61-39-48(64(4,5)6)26-30-59(61)69)52-34-45(44-21-17-15-18-22-44)33-50(35-52)66(10,11)12/h15-42H,43H2,1-14H3. The van der Waals surface area contributed by atoms with Gasteiger partial charge in [0.2, 0.25) is 0 Å². The van der Waals surface area contributed by atoms with E-state index in [9.17, 15) is 0 Å². The lowest BCUT2D eigenvalue weighted by atomic mass is 9.78. The zero-order valence-corrected chi connectivity index (χ0v) is 45.1. The summed E-state index contributed by atoms with van der Waals surface area (Å²) in [4.78, 5) is 10.0. The molecule has 0 spiro atoms. The van der Waals surface area contributed by atoms with Crippen LogP contribution in [0.1, 0.15) is 130 Å². The number of hydrogen-bond donors (Lipinski definition) is 0.